The number of aromatic hydroxyl groups is 1. The molecule has 0 atom stereocenters. The lowest BCUT2D eigenvalue weighted by molar-refractivity contribution is 0.146. The molecule has 0 aliphatic carbocycles. The smallest absolute Gasteiger partial charge is 0.420 e. The van der Waals surface area contributed by atoms with E-state index in [1.165, 1.54) is 4.90 Å². The molecule has 0 spiro atoms. The van der Waals surface area contributed by atoms with E-state index in [4.69, 9.17) is 14.2 Å². The number of carbonyl (C=O) groups excluding carboxylic acids is 1. The number of amides is 1. The number of halogens is 1. The van der Waals surface area contributed by atoms with E-state index in [-0.39, 0.29) is 12.3 Å². The Balaban J connectivity index is 1.77. The highest BCUT2D eigenvalue weighted by Crippen LogP contribution is 2.34. The second kappa shape index (κ2) is 6.76. The number of hydrogen-bond acceptors (Lipinski definition) is 5. The summed E-state index contributed by atoms with van der Waals surface area (Å²) in [5.41, 5.74) is 1.07. The van der Waals surface area contributed by atoms with Gasteiger partial charge in [0.25, 0.3) is 0 Å². The van der Waals surface area contributed by atoms with Crippen LogP contribution in [0, 0.1) is 5.82 Å². The van der Waals surface area contributed by atoms with Crippen molar-refractivity contribution in [2.45, 2.75) is 6.54 Å². The summed E-state index contributed by atoms with van der Waals surface area (Å²) in [6.45, 7) is 1.06. The molecule has 0 bridgehead atoms. The van der Waals surface area contributed by atoms with Crippen molar-refractivity contribution >= 4 is 11.8 Å². The first kappa shape index (κ1) is 16.1. The fourth-order valence-electron chi connectivity index (χ4n) is 2.35. The summed E-state index contributed by atoms with van der Waals surface area (Å²) < 4.78 is 29.0. The Labute approximate surface area is 138 Å². The Morgan fingerprint density at radius 2 is 2.00 bits per heavy atom. The molecule has 2 aromatic carbocycles. The topological polar surface area (TPSA) is 68.2 Å². The van der Waals surface area contributed by atoms with Gasteiger partial charge in [0.1, 0.15) is 18.1 Å². The summed E-state index contributed by atoms with van der Waals surface area (Å²) >= 11 is 0. The lowest BCUT2D eigenvalue weighted by Crippen LogP contribution is -2.37. The molecular formula is C17H16FNO5. The molecule has 0 saturated carbocycles. The number of rotatable bonds is 5. The standard InChI is InChI=1S/C17H16FNO5/c1-22-6-7-23-13-4-2-12(3-5-13)19-10-11-8-14(18)15(20)9-16(11)24-17(19)21/h2-5,8-9,20H,6-7,10H2,1H3. The van der Waals surface area contributed by atoms with Crippen LogP contribution in [-0.2, 0) is 11.3 Å². The van der Waals surface area contributed by atoms with Crippen LogP contribution in [0.2, 0.25) is 0 Å². The molecule has 1 aliphatic heterocycles. The van der Waals surface area contributed by atoms with Gasteiger partial charge in [-0.2, -0.15) is 0 Å². The zero-order valence-corrected chi connectivity index (χ0v) is 13.0. The molecule has 1 amide bonds. The quantitative estimate of drug-likeness (QED) is 0.852. The van der Waals surface area contributed by atoms with Gasteiger partial charge in [-0.25, -0.2) is 9.18 Å². The average molecular weight is 333 g/mol. The maximum absolute atomic E-state index is 13.5. The van der Waals surface area contributed by atoms with E-state index in [0.29, 0.717) is 30.2 Å². The van der Waals surface area contributed by atoms with Crippen molar-refractivity contribution in [3.8, 4) is 17.2 Å². The molecule has 2 aromatic rings. The van der Waals surface area contributed by atoms with Crippen LogP contribution in [0.25, 0.3) is 0 Å². The van der Waals surface area contributed by atoms with Gasteiger partial charge in [0.2, 0.25) is 0 Å². The SMILES string of the molecule is COCCOc1ccc(N2Cc3cc(F)c(O)cc3OC2=O)cc1. The monoisotopic (exact) mass is 333 g/mol. The first-order valence-electron chi connectivity index (χ1n) is 7.31. The summed E-state index contributed by atoms with van der Waals surface area (Å²) in [6, 6.07) is 9.14. The number of carbonyl (C=O) groups is 1. The number of phenols is 1. The fourth-order valence-corrected chi connectivity index (χ4v) is 2.35. The highest BCUT2D eigenvalue weighted by Gasteiger charge is 2.27. The maximum atomic E-state index is 13.5. The van der Waals surface area contributed by atoms with Crippen LogP contribution in [0.3, 0.4) is 0 Å². The summed E-state index contributed by atoms with van der Waals surface area (Å²) in [5.74, 6) is -0.492. The van der Waals surface area contributed by atoms with Crippen molar-refractivity contribution in [2.75, 3.05) is 25.2 Å². The van der Waals surface area contributed by atoms with E-state index in [1.54, 1.807) is 31.4 Å². The van der Waals surface area contributed by atoms with Gasteiger partial charge in [-0.15, -0.1) is 0 Å². The molecule has 24 heavy (non-hydrogen) atoms. The van der Waals surface area contributed by atoms with Gasteiger partial charge < -0.3 is 19.3 Å². The molecule has 0 aromatic heterocycles. The Kier molecular flexibility index (Phi) is 4.52. The molecule has 7 heteroatoms. The number of phenolic OH excluding ortho intramolecular Hbond substituents is 1. The molecule has 1 heterocycles. The molecule has 1 aliphatic rings. The van der Waals surface area contributed by atoms with E-state index in [0.717, 1.165) is 12.1 Å². The van der Waals surface area contributed by atoms with E-state index < -0.39 is 17.7 Å². The Hall–Kier alpha value is -2.80. The van der Waals surface area contributed by atoms with Gasteiger partial charge in [-0.05, 0) is 30.3 Å². The predicted octanol–water partition coefficient (Wildman–Crippen LogP) is 3.08. The lowest BCUT2D eigenvalue weighted by atomic mass is 10.1. The van der Waals surface area contributed by atoms with Gasteiger partial charge in [-0.3, -0.25) is 4.90 Å². The highest BCUT2D eigenvalue weighted by atomic mass is 19.1. The van der Waals surface area contributed by atoms with Crippen LogP contribution >= 0.6 is 0 Å². The third-order valence-electron chi connectivity index (χ3n) is 3.58. The largest absolute Gasteiger partial charge is 0.505 e. The van der Waals surface area contributed by atoms with Crippen molar-refractivity contribution in [1.29, 1.82) is 0 Å². The average Bonchev–Trinajstić information content (AvgIpc) is 2.57. The minimum atomic E-state index is -0.756. The second-order valence-corrected chi connectivity index (χ2v) is 5.20. The normalized spacial score (nSPS) is 13.4. The van der Waals surface area contributed by atoms with Gasteiger partial charge in [0.15, 0.2) is 11.6 Å². The summed E-state index contributed by atoms with van der Waals surface area (Å²) in [5, 5.41) is 9.36. The molecule has 0 radical (unpaired) electrons. The highest BCUT2D eigenvalue weighted by molar-refractivity contribution is 5.91. The van der Waals surface area contributed by atoms with Crippen molar-refractivity contribution in [1.82, 2.24) is 0 Å². The predicted molar refractivity (Wildman–Crippen MR) is 84.1 cm³/mol. The van der Waals surface area contributed by atoms with Gasteiger partial charge in [0.05, 0.1) is 13.2 Å². The van der Waals surface area contributed by atoms with E-state index >= 15 is 0 Å². The van der Waals surface area contributed by atoms with Crippen LogP contribution in [0.1, 0.15) is 5.56 Å². The number of hydrogen-bond donors (Lipinski definition) is 1. The van der Waals surface area contributed by atoms with E-state index in [9.17, 15) is 14.3 Å². The number of benzene rings is 2. The van der Waals surface area contributed by atoms with E-state index in [1.807, 2.05) is 0 Å². The fraction of sp³-hybridized carbons (Fsp3) is 0.235. The van der Waals surface area contributed by atoms with Crippen LogP contribution in [0.5, 0.6) is 17.2 Å². The van der Waals surface area contributed by atoms with Gasteiger partial charge in [0, 0.05) is 24.4 Å². The number of methoxy groups -OCH3 is 1. The number of fused-ring (bicyclic) bond motifs is 1. The number of anilines is 1. The van der Waals surface area contributed by atoms with Crippen LogP contribution in [-0.4, -0.2) is 31.5 Å². The van der Waals surface area contributed by atoms with E-state index in [2.05, 4.69) is 0 Å². The van der Waals surface area contributed by atoms with Crippen molar-refractivity contribution in [2.24, 2.45) is 0 Å². The minimum Gasteiger partial charge on any atom is -0.505 e. The Bertz CT molecular complexity index is 747. The summed E-state index contributed by atoms with van der Waals surface area (Å²) in [6.07, 6.45) is -0.596. The van der Waals surface area contributed by atoms with Crippen LogP contribution < -0.4 is 14.4 Å². The third-order valence-corrected chi connectivity index (χ3v) is 3.58. The molecule has 1 N–H and O–H groups in total. The Morgan fingerprint density at radius 1 is 1.25 bits per heavy atom. The second-order valence-electron chi connectivity index (χ2n) is 5.20. The van der Waals surface area contributed by atoms with Crippen LogP contribution in [0.4, 0.5) is 14.9 Å². The molecule has 0 saturated heterocycles. The maximum Gasteiger partial charge on any atom is 0.420 e. The van der Waals surface area contributed by atoms with Gasteiger partial charge >= 0.3 is 6.09 Å². The van der Waals surface area contributed by atoms with Crippen molar-refractivity contribution in [3.05, 3.63) is 47.8 Å². The first-order valence-corrected chi connectivity index (χ1v) is 7.31. The van der Waals surface area contributed by atoms with Crippen molar-refractivity contribution < 1.29 is 28.5 Å². The zero-order chi connectivity index (χ0) is 17.1. The first-order chi connectivity index (χ1) is 11.6. The lowest BCUT2D eigenvalue weighted by Gasteiger charge is -2.28. The van der Waals surface area contributed by atoms with Crippen molar-refractivity contribution in [3.63, 3.8) is 0 Å². The molecule has 0 unspecified atom stereocenters. The summed E-state index contributed by atoms with van der Waals surface area (Å²) in [7, 11) is 1.59. The molecule has 3 rings (SSSR count). The summed E-state index contributed by atoms with van der Waals surface area (Å²) in [4.78, 5) is 13.5. The minimum absolute atomic E-state index is 0.148. The number of ether oxygens (including phenoxy) is 3. The molecule has 126 valence electrons. The Morgan fingerprint density at radius 3 is 2.71 bits per heavy atom. The molecule has 6 nitrogen and oxygen atoms in total. The molecular weight excluding hydrogens is 317 g/mol. The zero-order valence-electron chi connectivity index (χ0n) is 13.0. The van der Waals surface area contributed by atoms with Crippen LogP contribution in [0.15, 0.2) is 36.4 Å². The number of nitrogens with zero attached hydrogens (tertiary/aromatic N) is 1. The third kappa shape index (κ3) is 3.26. The van der Waals surface area contributed by atoms with Gasteiger partial charge in [-0.1, -0.05) is 0 Å². The molecule has 0 fully saturated rings.